The summed E-state index contributed by atoms with van der Waals surface area (Å²) in [6, 6.07) is 11.6. The van der Waals surface area contributed by atoms with E-state index in [1.54, 1.807) is 12.3 Å². The third-order valence-corrected chi connectivity index (χ3v) is 2.50. The number of rotatable bonds is 2. The van der Waals surface area contributed by atoms with E-state index in [-0.39, 0.29) is 0 Å². The quantitative estimate of drug-likeness (QED) is 0.702. The summed E-state index contributed by atoms with van der Waals surface area (Å²) in [6.07, 6.45) is 1.70. The first-order valence-corrected chi connectivity index (χ1v) is 5.16. The molecule has 0 atom stereocenters. The molecular weight excluding hydrogens is 216 g/mol. The van der Waals surface area contributed by atoms with Crippen LogP contribution < -0.4 is 5.73 Å². The zero-order valence-corrected chi connectivity index (χ0v) is 8.92. The van der Waals surface area contributed by atoms with Crippen LogP contribution in [0.25, 0.3) is 22.6 Å². The standard InChI is InChI=1S/C12H10N4O/c13-11-6-10(17-16-11)9-7-14-15-12(9)8-4-2-1-3-5-8/h1-7H,(H2,13,16)(H,14,15). The van der Waals surface area contributed by atoms with Crippen molar-refractivity contribution in [2.24, 2.45) is 0 Å². The van der Waals surface area contributed by atoms with Crippen LogP contribution in [0.5, 0.6) is 0 Å². The van der Waals surface area contributed by atoms with E-state index in [2.05, 4.69) is 15.4 Å². The van der Waals surface area contributed by atoms with E-state index >= 15 is 0 Å². The molecule has 0 fully saturated rings. The zero-order valence-electron chi connectivity index (χ0n) is 8.92. The number of hydrogen-bond donors (Lipinski definition) is 2. The largest absolute Gasteiger partial charge is 0.381 e. The van der Waals surface area contributed by atoms with Gasteiger partial charge in [0.15, 0.2) is 11.6 Å². The number of nitrogens with zero attached hydrogens (tertiary/aromatic N) is 2. The summed E-state index contributed by atoms with van der Waals surface area (Å²) in [7, 11) is 0. The molecule has 3 aromatic rings. The molecule has 0 saturated heterocycles. The Kier molecular flexibility index (Phi) is 2.15. The van der Waals surface area contributed by atoms with Gasteiger partial charge in [-0.3, -0.25) is 5.10 Å². The molecule has 0 aliphatic rings. The summed E-state index contributed by atoms with van der Waals surface area (Å²) < 4.78 is 5.14. The van der Waals surface area contributed by atoms with Crippen LogP contribution in [0.15, 0.2) is 47.1 Å². The average molecular weight is 226 g/mol. The van der Waals surface area contributed by atoms with E-state index in [0.717, 1.165) is 16.8 Å². The minimum Gasteiger partial charge on any atom is -0.381 e. The first kappa shape index (κ1) is 9.65. The van der Waals surface area contributed by atoms with Crippen molar-refractivity contribution in [3.63, 3.8) is 0 Å². The Morgan fingerprint density at radius 1 is 1.18 bits per heavy atom. The number of nitrogen functional groups attached to an aromatic ring is 1. The molecule has 5 heteroatoms. The molecule has 0 unspecified atom stereocenters. The molecule has 0 amide bonds. The Balaban J connectivity index is 2.12. The summed E-state index contributed by atoms with van der Waals surface area (Å²) in [5, 5.41) is 10.7. The van der Waals surface area contributed by atoms with Crippen LogP contribution in [0.4, 0.5) is 5.82 Å². The van der Waals surface area contributed by atoms with E-state index < -0.39 is 0 Å². The minimum absolute atomic E-state index is 0.361. The highest BCUT2D eigenvalue weighted by molar-refractivity contribution is 5.78. The van der Waals surface area contributed by atoms with Gasteiger partial charge in [-0.15, -0.1) is 0 Å². The molecule has 0 spiro atoms. The molecule has 0 aliphatic heterocycles. The number of hydrogen-bond acceptors (Lipinski definition) is 4. The SMILES string of the molecule is Nc1cc(-c2cn[nH]c2-c2ccccc2)on1. The fourth-order valence-corrected chi connectivity index (χ4v) is 1.71. The van der Waals surface area contributed by atoms with Crippen LogP contribution in [0.3, 0.4) is 0 Å². The number of nitrogens with two attached hydrogens (primary N) is 1. The number of benzene rings is 1. The van der Waals surface area contributed by atoms with Gasteiger partial charge in [-0.25, -0.2) is 0 Å². The third-order valence-electron chi connectivity index (χ3n) is 2.50. The van der Waals surface area contributed by atoms with Crippen molar-refractivity contribution in [2.45, 2.75) is 0 Å². The van der Waals surface area contributed by atoms with Gasteiger partial charge in [-0.2, -0.15) is 5.10 Å². The summed E-state index contributed by atoms with van der Waals surface area (Å²) in [4.78, 5) is 0. The first-order valence-electron chi connectivity index (χ1n) is 5.16. The van der Waals surface area contributed by atoms with Crippen molar-refractivity contribution in [2.75, 3.05) is 5.73 Å². The van der Waals surface area contributed by atoms with Crippen LogP contribution in [0, 0.1) is 0 Å². The molecule has 1 aromatic carbocycles. The highest BCUT2D eigenvalue weighted by Crippen LogP contribution is 2.30. The van der Waals surface area contributed by atoms with Gasteiger partial charge in [0.2, 0.25) is 0 Å². The summed E-state index contributed by atoms with van der Waals surface area (Å²) in [5.74, 6) is 0.968. The molecular formula is C12H10N4O. The van der Waals surface area contributed by atoms with Crippen molar-refractivity contribution >= 4 is 5.82 Å². The lowest BCUT2D eigenvalue weighted by atomic mass is 10.1. The molecule has 0 saturated carbocycles. The predicted molar refractivity (Wildman–Crippen MR) is 63.9 cm³/mol. The second-order valence-electron chi connectivity index (χ2n) is 3.64. The lowest BCUT2D eigenvalue weighted by Gasteiger charge is -1.99. The number of aromatic nitrogens is 3. The maximum Gasteiger partial charge on any atom is 0.172 e. The molecule has 17 heavy (non-hydrogen) atoms. The molecule has 2 heterocycles. The van der Waals surface area contributed by atoms with Crippen LogP contribution >= 0.6 is 0 Å². The Morgan fingerprint density at radius 3 is 2.71 bits per heavy atom. The second-order valence-corrected chi connectivity index (χ2v) is 3.64. The topological polar surface area (TPSA) is 80.7 Å². The first-order chi connectivity index (χ1) is 8.34. The number of anilines is 1. The third kappa shape index (κ3) is 1.67. The summed E-state index contributed by atoms with van der Waals surface area (Å²) in [5.41, 5.74) is 8.31. The fraction of sp³-hybridized carbons (Fsp3) is 0. The van der Waals surface area contributed by atoms with E-state index in [1.807, 2.05) is 30.3 Å². The van der Waals surface area contributed by atoms with Gasteiger partial charge in [-0.1, -0.05) is 35.5 Å². The van der Waals surface area contributed by atoms with E-state index in [0.29, 0.717) is 11.6 Å². The van der Waals surface area contributed by atoms with Crippen molar-refractivity contribution in [3.8, 4) is 22.6 Å². The lowest BCUT2D eigenvalue weighted by molar-refractivity contribution is 0.436. The normalized spacial score (nSPS) is 10.6. The molecule has 2 aromatic heterocycles. The second kappa shape index (κ2) is 3.79. The van der Waals surface area contributed by atoms with Gasteiger partial charge in [0.1, 0.15) is 0 Å². The molecule has 3 rings (SSSR count). The summed E-state index contributed by atoms with van der Waals surface area (Å²) in [6.45, 7) is 0. The fourth-order valence-electron chi connectivity index (χ4n) is 1.71. The number of aromatic amines is 1. The summed E-state index contributed by atoms with van der Waals surface area (Å²) >= 11 is 0. The molecule has 5 nitrogen and oxygen atoms in total. The van der Waals surface area contributed by atoms with Crippen LogP contribution in [-0.2, 0) is 0 Å². The number of H-pyrrole nitrogens is 1. The highest BCUT2D eigenvalue weighted by Gasteiger charge is 2.13. The molecule has 0 radical (unpaired) electrons. The number of nitrogens with one attached hydrogen (secondary N) is 1. The highest BCUT2D eigenvalue weighted by atomic mass is 16.5. The van der Waals surface area contributed by atoms with Crippen molar-refractivity contribution < 1.29 is 4.52 Å². The Labute approximate surface area is 97.2 Å². The maximum atomic E-state index is 5.54. The van der Waals surface area contributed by atoms with Gasteiger partial charge in [0.05, 0.1) is 17.5 Å². The van der Waals surface area contributed by atoms with Crippen LogP contribution in [0.2, 0.25) is 0 Å². The predicted octanol–water partition coefficient (Wildman–Crippen LogP) is 2.31. The van der Waals surface area contributed by atoms with Gasteiger partial charge in [0, 0.05) is 11.6 Å². The van der Waals surface area contributed by atoms with Crippen molar-refractivity contribution in [1.29, 1.82) is 0 Å². The maximum absolute atomic E-state index is 5.54. The molecule has 84 valence electrons. The van der Waals surface area contributed by atoms with Gasteiger partial charge < -0.3 is 10.3 Å². The lowest BCUT2D eigenvalue weighted by Crippen LogP contribution is -1.81. The minimum atomic E-state index is 0.361. The van der Waals surface area contributed by atoms with Crippen molar-refractivity contribution in [1.82, 2.24) is 15.4 Å². The molecule has 3 N–H and O–H groups in total. The van der Waals surface area contributed by atoms with Gasteiger partial charge in [0.25, 0.3) is 0 Å². The van der Waals surface area contributed by atoms with Crippen molar-refractivity contribution in [3.05, 3.63) is 42.6 Å². The van der Waals surface area contributed by atoms with Gasteiger partial charge >= 0.3 is 0 Å². The average Bonchev–Trinajstić information content (AvgIpc) is 2.98. The molecule has 0 aliphatic carbocycles. The van der Waals surface area contributed by atoms with E-state index in [4.69, 9.17) is 10.3 Å². The Morgan fingerprint density at radius 2 is 2.00 bits per heavy atom. The zero-order chi connectivity index (χ0) is 11.7. The van der Waals surface area contributed by atoms with Crippen LogP contribution in [0.1, 0.15) is 0 Å². The van der Waals surface area contributed by atoms with Gasteiger partial charge in [-0.05, 0) is 0 Å². The molecule has 0 bridgehead atoms. The Bertz CT molecular complexity index is 627. The smallest absolute Gasteiger partial charge is 0.172 e. The Hall–Kier alpha value is -2.56. The van der Waals surface area contributed by atoms with Crippen LogP contribution in [-0.4, -0.2) is 15.4 Å². The van der Waals surface area contributed by atoms with E-state index in [1.165, 1.54) is 0 Å². The monoisotopic (exact) mass is 226 g/mol. The van der Waals surface area contributed by atoms with E-state index in [9.17, 15) is 0 Å².